The number of amides is 1. The molecule has 1 aromatic carbocycles. The maximum atomic E-state index is 11.6. The van der Waals surface area contributed by atoms with Crippen LogP contribution in [0.15, 0.2) is 24.3 Å². The predicted octanol–water partition coefficient (Wildman–Crippen LogP) is 1.75. The van der Waals surface area contributed by atoms with Gasteiger partial charge in [-0.25, -0.2) is 0 Å². The van der Waals surface area contributed by atoms with Crippen molar-refractivity contribution in [3.63, 3.8) is 0 Å². The second-order valence-electron chi connectivity index (χ2n) is 4.19. The van der Waals surface area contributed by atoms with Crippen molar-refractivity contribution in [1.82, 2.24) is 0 Å². The third kappa shape index (κ3) is 5.85. The number of halogens is 1. The molecule has 1 unspecified atom stereocenters. The zero-order chi connectivity index (χ0) is 14.3. The van der Waals surface area contributed by atoms with Crippen LogP contribution < -0.4 is 11.1 Å². The average Bonchev–Trinajstić information content (AvgIpc) is 2.36. The van der Waals surface area contributed by atoms with Gasteiger partial charge in [0.05, 0.1) is 0 Å². The van der Waals surface area contributed by atoms with Crippen molar-refractivity contribution in [2.75, 3.05) is 10.6 Å². The highest BCUT2D eigenvalue weighted by atomic mass is 79.9. The van der Waals surface area contributed by atoms with Crippen LogP contribution in [0.5, 0.6) is 0 Å². The number of nitrogens with two attached hydrogens (primary N) is 1. The number of carboxylic acid groups (broad SMARTS) is 1. The van der Waals surface area contributed by atoms with E-state index >= 15 is 0 Å². The summed E-state index contributed by atoms with van der Waals surface area (Å²) in [4.78, 5) is 22.2. The summed E-state index contributed by atoms with van der Waals surface area (Å²) in [5.41, 5.74) is 6.92. The minimum absolute atomic E-state index is 0.0564. The molecule has 0 heterocycles. The fraction of sp³-hybridized carbons (Fsp3) is 0.385. The molecule has 0 radical (unpaired) electrons. The molecule has 6 heteroatoms. The van der Waals surface area contributed by atoms with Gasteiger partial charge in [-0.2, -0.15) is 0 Å². The van der Waals surface area contributed by atoms with Crippen LogP contribution in [-0.4, -0.2) is 28.4 Å². The number of rotatable bonds is 7. The summed E-state index contributed by atoms with van der Waals surface area (Å²) in [5, 5.41) is 12.3. The lowest BCUT2D eigenvalue weighted by molar-refractivity contribution is -0.138. The molecule has 0 bridgehead atoms. The maximum Gasteiger partial charge on any atom is 0.320 e. The quantitative estimate of drug-likeness (QED) is 0.665. The Balaban J connectivity index is 2.61. The molecule has 1 rings (SSSR count). The van der Waals surface area contributed by atoms with Gasteiger partial charge in [0.25, 0.3) is 0 Å². The van der Waals surface area contributed by atoms with Gasteiger partial charge in [-0.1, -0.05) is 28.1 Å². The van der Waals surface area contributed by atoms with Crippen molar-refractivity contribution < 1.29 is 14.7 Å². The number of alkyl halides is 1. The van der Waals surface area contributed by atoms with Crippen LogP contribution in [0.3, 0.4) is 0 Å². The Hall–Kier alpha value is -1.40. The Bertz CT molecular complexity index is 451. The van der Waals surface area contributed by atoms with Gasteiger partial charge in [-0.3, -0.25) is 9.59 Å². The summed E-state index contributed by atoms with van der Waals surface area (Å²) in [6.45, 7) is 0. The highest BCUT2D eigenvalue weighted by Gasteiger charge is 2.12. The molecule has 0 aromatic heterocycles. The minimum Gasteiger partial charge on any atom is -0.480 e. The van der Waals surface area contributed by atoms with Crippen LogP contribution in [0.4, 0.5) is 5.69 Å². The van der Waals surface area contributed by atoms with Gasteiger partial charge in [0.15, 0.2) is 0 Å². The number of carbonyl (C=O) groups is 2. The van der Waals surface area contributed by atoms with Gasteiger partial charge in [0.1, 0.15) is 6.04 Å². The molecule has 4 N–H and O–H groups in total. The zero-order valence-electron chi connectivity index (χ0n) is 10.4. The van der Waals surface area contributed by atoms with Crippen molar-refractivity contribution in [2.24, 2.45) is 5.73 Å². The third-order valence-electron chi connectivity index (χ3n) is 2.52. The van der Waals surface area contributed by atoms with E-state index < -0.39 is 12.0 Å². The Morgan fingerprint density at radius 1 is 1.42 bits per heavy atom. The van der Waals surface area contributed by atoms with Crippen LogP contribution in [-0.2, 0) is 16.0 Å². The SMILES string of the molecule is NC(Cc1cccc(NC(=O)CCCBr)c1)C(=O)O. The van der Waals surface area contributed by atoms with Crippen molar-refractivity contribution in [3.05, 3.63) is 29.8 Å². The van der Waals surface area contributed by atoms with Crippen molar-refractivity contribution >= 4 is 33.5 Å². The Morgan fingerprint density at radius 2 is 2.16 bits per heavy atom. The summed E-state index contributed by atoms with van der Waals surface area (Å²) in [6, 6.07) is 6.14. The Kier molecular flexibility index (Phi) is 6.52. The molecule has 104 valence electrons. The fourth-order valence-corrected chi connectivity index (χ4v) is 1.85. The molecule has 0 saturated carbocycles. The van der Waals surface area contributed by atoms with E-state index in [0.717, 1.165) is 17.3 Å². The second-order valence-corrected chi connectivity index (χ2v) is 4.98. The number of carboxylic acids is 1. The van der Waals surface area contributed by atoms with E-state index in [9.17, 15) is 9.59 Å². The third-order valence-corrected chi connectivity index (χ3v) is 3.08. The number of aliphatic carboxylic acids is 1. The Labute approximate surface area is 120 Å². The first-order chi connectivity index (χ1) is 9.02. The molecular weight excluding hydrogens is 312 g/mol. The van der Waals surface area contributed by atoms with Crippen molar-refractivity contribution in [2.45, 2.75) is 25.3 Å². The highest BCUT2D eigenvalue weighted by Crippen LogP contribution is 2.13. The van der Waals surface area contributed by atoms with Gasteiger partial charge < -0.3 is 16.2 Å². The van der Waals surface area contributed by atoms with E-state index in [2.05, 4.69) is 21.2 Å². The molecular formula is C13H17BrN2O3. The van der Waals surface area contributed by atoms with E-state index in [1.807, 2.05) is 0 Å². The smallest absolute Gasteiger partial charge is 0.320 e. The molecule has 19 heavy (non-hydrogen) atoms. The first-order valence-electron chi connectivity index (χ1n) is 5.96. The van der Waals surface area contributed by atoms with E-state index in [1.165, 1.54) is 0 Å². The maximum absolute atomic E-state index is 11.6. The molecule has 0 spiro atoms. The predicted molar refractivity (Wildman–Crippen MR) is 77.4 cm³/mol. The first-order valence-corrected chi connectivity index (χ1v) is 7.08. The lowest BCUT2D eigenvalue weighted by atomic mass is 10.1. The summed E-state index contributed by atoms with van der Waals surface area (Å²) in [5.74, 6) is -1.09. The van der Waals surface area contributed by atoms with Gasteiger partial charge in [-0.05, 0) is 30.5 Å². The molecule has 1 aromatic rings. The molecule has 0 aliphatic rings. The fourth-order valence-electron chi connectivity index (χ4n) is 1.57. The summed E-state index contributed by atoms with van der Waals surface area (Å²) in [7, 11) is 0. The molecule has 1 atom stereocenters. The van der Waals surface area contributed by atoms with Crippen LogP contribution in [0.25, 0.3) is 0 Å². The topological polar surface area (TPSA) is 92.4 Å². The summed E-state index contributed by atoms with van der Waals surface area (Å²) >= 11 is 3.27. The standard InChI is InChI=1S/C13H17BrN2O3/c14-6-2-5-12(17)16-10-4-1-3-9(7-10)8-11(15)13(18)19/h1,3-4,7,11H,2,5-6,8,15H2,(H,16,17)(H,18,19). The van der Waals surface area contributed by atoms with Gasteiger partial charge in [-0.15, -0.1) is 0 Å². The molecule has 0 fully saturated rings. The van der Waals surface area contributed by atoms with Crippen LogP contribution in [0.2, 0.25) is 0 Å². The highest BCUT2D eigenvalue weighted by molar-refractivity contribution is 9.09. The van der Waals surface area contributed by atoms with E-state index in [4.69, 9.17) is 10.8 Å². The molecule has 0 aliphatic heterocycles. The monoisotopic (exact) mass is 328 g/mol. The molecule has 1 amide bonds. The number of anilines is 1. The number of hydrogen-bond donors (Lipinski definition) is 3. The van der Waals surface area contributed by atoms with Crippen LogP contribution >= 0.6 is 15.9 Å². The van der Waals surface area contributed by atoms with E-state index in [-0.39, 0.29) is 12.3 Å². The minimum atomic E-state index is -1.04. The normalized spacial score (nSPS) is 11.9. The van der Waals surface area contributed by atoms with Crippen LogP contribution in [0, 0.1) is 0 Å². The van der Waals surface area contributed by atoms with Crippen LogP contribution in [0.1, 0.15) is 18.4 Å². The molecule has 0 saturated heterocycles. The lowest BCUT2D eigenvalue weighted by Gasteiger charge is -2.09. The Morgan fingerprint density at radius 3 is 2.79 bits per heavy atom. The number of nitrogens with one attached hydrogen (secondary N) is 1. The molecule has 0 aliphatic carbocycles. The first kappa shape index (κ1) is 15.7. The second kappa shape index (κ2) is 7.91. The van der Waals surface area contributed by atoms with Crippen molar-refractivity contribution in [3.8, 4) is 0 Å². The number of carbonyl (C=O) groups excluding carboxylic acids is 1. The number of benzene rings is 1. The largest absolute Gasteiger partial charge is 0.480 e. The summed E-state index contributed by atoms with van der Waals surface area (Å²) < 4.78 is 0. The van der Waals surface area contributed by atoms with E-state index in [1.54, 1.807) is 24.3 Å². The number of hydrogen-bond acceptors (Lipinski definition) is 3. The van der Waals surface area contributed by atoms with Crippen molar-refractivity contribution in [1.29, 1.82) is 0 Å². The zero-order valence-corrected chi connectivity index (χ0v) is 12.0. The van der Waals surface area contributed by atoms with Gasteiger partial charge >= 0.3 is 5.97 Å². The summed E-state index contributed by atoms with van der Waals surface area (Å²) in [6.07, 6.45) is 1.46. The van der Waals surface area contributed by atoms with Gasteiger partial charge in [0, 0.05) is 17.4 Å². The lowest BCUT2D eigenvalue weighted by Crippen LogP contribution is -2.32. The average molecular weight is 329 g/mol. The van der Waals surface area contributed by atoms with Gasteiger partial charge in [0.2, 0.25) is 5.91 Å². The molecule has 5 nitrogen and oxygen atoms in total. The van der Waals surface area contributed by atoms with E-state index in [0.29, 0.717) is 12.1 Å².